The van der Waals surface area contributed by atoms with E-state index in [-0.39, 0.29) is 17.8 Å². The van der Waals surface area contributed by atoms with Gasteiger partial charge in [0, 0.05) is 80.2 Å². The molecule has 3 aromatic rings. The molecule has 2 unspecified atom stereocenters. The molecule has 1 aromatic carbocycles. The number of likely N-dealkylation sites (tertiary alicyclic amines) is 1. The number of ether oxygens (including phenoxy) is 2. The Morgan fingerprint density at radius 3 is 2.68 bits per heavy atom. The average Bonchev–Trinajstić information content (AvgIpc) is 2.86. The Balaban J connectivity index is 1.12. The lowest BCUT2D eigenvalue weighted by Crippen LogP contribution is -2.71. The van der Waals surface area contributed by atoms with Crippen LogP contribution in [0.4, 0.5) is 11.4 Å². The third-order valence-corrected chi connectivity index (χ3v) is 7.70. The summed E-state index contributed by atoms with van der Waals surface area (Å²) >= 11 is 0. The van der Waals surface area contributed by atoms with E-state index in [1.807, 2.05) is 12.1 Å². The molecule has 0 amide bonds. The molecule has 192 valence electrons. The Bertz CT molecular complexity index is 1330. The molecule has 8 nitrogen and oxygen atoms in total. The first-order chi connectivity index (χ1) is 17.9. The summed E-state index contributed by atoms with van der Waals surface area (Å²) in [5.41, 5.74) is 5.75. The second kappa shape index (κ2) is 9.56. The van der Waals surface area contributed by atoms with Crippen LogP contribution in [0.15, 0.2) is 42.6 Å². The van der Waals surface area contributed by atoms with Gasteiger partial charge in [0.15, 0.2) is 0 Å². The summed E-state index contributed by atoms with van der Waals surface area (Å²) in [6.45, 7) is 13.2. The minimum Gasteiger partial charge on any atom is -0.370 e. The first-order valence-corrected chi connectivity index (χ1v) is 13.2. The minimum absolute atomic E-state index is 0.105. The van der Waals surface area contributed by atoms with Crippen molar-refractivity contribution >= 4 is 22.3 Å². The highest BCUT2D eigenvalue weighted by Gasteiger charge is 2.48. The zero-order chi connectivity index (χ0) is 25.6. The van der Waals surface area contributed by atoms with Gasteiger partial charge in [-0.05, 0) is 57.2 Å². The molecule has 0 bridgehead atoms. The lowest BCUT2D eigenvalue weighted by Gasteiger charge is -2.55. The van der Waals surface area contributed by atoms with Crippen LogP contribution in [-0.4, -0.2) is 85.1 Å². The summed E-state index contributed by atoms with van der Waals surface area (Å²) in [4.78, 5) is 16.3. The molecule has 0 saturated carbocycles. The van der Waals surface area contributed by atoms with Crippen molar-refractivity contribution in [3.8, 4) is 6.07 Å². The lowest BCUT2D eigenvalue weighted by molar-refractivity contribution is -0.161. The minimum atomic E-state index is -0.113. The third kappa shape index (κ3) is 4.75. The fourth-order valence-electron chi connectivity index (χ4n) is 6.30. The molecule has 3 saturated heterocycles. The number of morpholine rings is 2. The summed E-state index contributed by atoms with van der Waals surface area (Å²) in [6.07, 6.45) is 1.98. The number of nitriles is 1. The van der Waals surface area contributed by atoms with Gasteiger partial charge < -0.3 is 19.3 Å². The van der Waals surface area contributed by atoms with Crippen molar-refractivity contribution in [1.29, 1.82) is 5.26 Å². The van der Waals surface area contributed by atoms with Gasteiger partial charge in [-0.2, -0.15) is 5.26 Å². The van der Waals surface area contributed by atoms with Gasteiger partial charge >= 0.3 is 0 Å². The van der Waals surface area contributed by atoms with E-state index >= 15 is 0 Å². The molecule has 6 rings (SSSR count). The van der Waals surface area contributed by atoms with Gasteiger partial charge in [-0.1, -0.05) is 0 Å². The standard InChI is InChI=1S/C29H34N6O2/c1-20-11-24(12-21(2)32-20)34-9-10-36-29(19-34)17-33(18-29)15-25-16-35(14-22(3)37-25)27-7-6-23(13-30)28-26(27)5-4-8-31-28/h4-8,11-12,22,25H,9-10,14-19H2,1-3H3. The highest BCUT2D eigenvalue weighted by Crippen LogP contribution is 2.34. The van der Waals surface area contributed by atoms with E-state index in [0.717, 1.165) is 80.4 Å². The number of fused-ring (bicyclic) bond motifs is 1. The number of aromatic nitrogens is 2. The van der Waals surface area contributed by atoms with Crippen molar-refractivity contribution in [1.82, 2.24) is 14.9 Å². The number of nitrogens with zero attached hydrogens (tertiary/aromatic N) is 6. The maximum Gasteiger partial charge on any atom is 0.111 e. The maximum absolute atomic E-state index is 9.52. The Labute approximate surface area is 218 Å². The smallest absolute Gasteiger partial charge is 0.111 e. The largest absolute Gasteiger partial charge is 0.370 e. The predicted molar refractivity (Wildman–Crippen MR) is 144 cm³/mol. The summed E-state index contributed by atoms with van der Waals surface area (Å²) in [5.74, 6) is 0. The summed E-state index contributed by atoms with van der Waals surface area (Å²) in [6, 6.07) is 14.6. The number of benzene rings is 1. The van der Waals surface area contributed by atoms with Crippen molar-refractivity contribution in [2.24, 2.45) is 0 Å². The van der Waals surface area contributed by atoms with Crippen LogP contribution < -0.4 is 9.80 Å². The zero-order valence-electron chi connectivity index (χ0n) is 21.9. The molecule has 3 fully saturated rings. The van der Waals surface area contributed by atoms with E-state index in [1.165, 1.54) is 5.69 Å². The maximum atomic E-state index is 9.52. The van der Waals surface area contributed by atoms with E-state index in [2.05, 4.69) is 75.8 Å². The summed E-state index contributed by atoms with van der Waals surface area (Å²) < 4.78 is 12.7. The topological polar surface area (TPSA) is 77.8 Å². The van der Waals surface area contributed by atoms with Crippen LogP contribution in [0.25, 0.3) is 10.9 Å². The van der Waals surface area contributed by atoms with Crippen molar-refractivity contribution in [2.75, 3.05) is 62.2 Å². The van der Waals surface area contributed by atoms with Gasteiger partial charge in [0.1, 0.15) is 11.7 Å². The van der Waals surface area contributed by atoms with Crippen molar-refractivity contribution < 1.29 is 9.47 Å². The number of hydrogen-bond acceptors (Lipinski definition) is 8. The molecule has 8 heteroatoms. The number of anilines is 2. The van der Waals surface area contributed by atoms with Crippen LogP contribution in [-0.2, 0) is 9.47 Å². The van der Waals surface area contributed by atoms with Crippen LogP contribution in [0.3, 0.4) is 0 Å². The van der Waals surface area contributed by atoms with Gasteiger partial charge in [-0.25, -0.2) is 0 Å². The van der Waals surface area contributed by atoms with Crippen LogP contribution in [0.1, 0.15) is 23.9 Å². The highest BCUT2D eigenvalue weighted by molar-refractivity contribution is 5.95. The fourth-order valence-corrected chi connectivity index (χ4v) is 6.30. The molecule has 0 radical (unpaired) electrons. The molecule has 1 spiro atoms. The third-order valence-electron chi connectivity index (χ3n) is 7.70. The summed E-state index contributed by atoms with van der Waals surface area (Å²) in [7, 11) is 0. The van der Waals surface area contributed by atoms with Crippen LogP contribution >= 0.6 is 0 Å². The zero-order valence-corrected chi connectivity index (χ0v) is 21.9. The SMILES string of the molecule is Cc1cc(N2CCOC3(CN(CC4CN(c5ccc(C#N)c6ncccc56)CC(C)O4)C3)C2)cc(C)n1. The quantitative estimate of drug-likeness (QED) is 0.542. The number of aryl methyl sites for hydroxylation is 2. The Hall–Kier alpha value is -3.25. The molecule has 5 heterocycles. The molecule has 2 atom stereocenters. The molecule has 0 aliphatic carbocycles. The van der Waals surface area contributed by atoms with Crippen LogP contribution in [0, 0.1) is 25.2 Å². The number of hydrogen-bond donors (Lipinski definition) is 0. The summed E-state index contributed by atoms with van der Waals surface area (Å²) in [5, 5.41) is 10.5. The first-order valence-electron chi connectivity index (χ1n) is 13.2. The van der Waals surface area contributed by atoms with Crippen molar-refractivity contribution in [3.63, 3.8) is 0 Å². The van der Waals surface area contributed by atoms with Gasteiger partial charge in [0.05, 0.1) is 29.9 Å². The monoisotopic (exact) mass is 498 g/mol. The van der Waals surface area contributed by atoms with E-state index in [0.29, 0.717) is 5.56 Å². The lowest BCUT2D eigenvalue weighted by atomic mass is 9.91. The van der Waals surface area contributed by atoms with Gasteiger partial charge in [-0.15, -0.1) is 0 Å². The second-order valence-corrected chi connectivity index (χ2v) is 10.8. The molecule has 0 N–H and O–H groups in total. The number of rotatable bonds is 4. The second-order valence-electron chi connectivity index (χ2n) is 10.8. The molecule has 2 aromatic heterocycles. The van der Waals surface area contributed by atoms with Crippen LogP contribution in [0.2, 0.25) is 0 Å². The molecule has 37 heavy (non-hydrogen) atoms. The van der Waals surface area contributed by atoms with E-state index in [9.17, 15) is 5.26 Å². The van der Waals surface area contributed by atoms with E-state index < -0.39 is 0 Å². The molecular formula is C29H34N6O2. The Morgan fingerprint density at radius 1 is 1.08 bits per heavy atom. The van der Waals surface area contributed by atoms with Crippen molar-refractivity contribution in [2.45, 2.75) is 38.6 Å². The van der Waals surface area contributed by atoms with Crippen LogP contribution in [0.5, 0.6) is 0 Å². The average molecular weight is 499 g/mol. The van der Waals surface area contributed by atoms with Gasteiger partial charge in [-0.3, -0.25) is 14.9 Å². The molecular weight excluding hydrogens is 464 g/mol. The first kappa shape index (κ1) is 24.1. The molecule has 3 aliphatic heterocycles. The Kier molecular flexibility index (Phi) is 6.23. The molecule has 3 aliphatic rings. The highest BCUT2D eigenvalue weighted by atomic mass is 16.5. The van der Waals surface area contributed by atoms with Gasteiger partial charge in [0.2, 0.25) is 0 Å². The van der Waals surface area contributed by atoms with Gasteiger partial charge in [0.25, 0.3) is 0 Å². The van der Waals surface area contributed by atoms with Crippen molar-refractivity contribution in [3.05, 3.63) is 59.5 Å². The fraction of sp³-hybridized carbons (Fsp3) is 0.483. The Morgan fingerprint density at radius 2 is 1.89 bits per heavy atom. The normalized spacial score (nSPS) is 23.7. The van der Waals surface area contributed by atoms with E-state index in [4.69, 9.17) is 9.47 Å². The number of pyridine rings is 2. The predicted octanol–water partition coefficient (Wildman–Crippen LogP) is 3.30. The van der Waals surface area contributed by atoms with E-state index in [1.54, 1.807) is 6.20 Å².